The fraction of sp³-hybridized carbons (Fsp3) is 0.812. The van der Waals surface area contributed by atoms with Crippen molar-refractivity contribution in [2.45, 2.75) is 79.9 Å². The van der Waals surface area contributed by atoms with Crippen LogP contribution in [0.15, 0.2) is 12.2 Å². The summed E-state index contributed by atoms with van der Waals surface area (Å²) in [5.74, 6) is -53.8. The Labute approximate surface area is 206 Å². The standard InChI is InChI=1S/C16H14F17NO4S/c1-4-5-7(38-8(35)6(2)3)34-39(36,37)16(32,33)14(27,28)12(23,24)10(19,20)9(17,18)11(21,22)13(25,26)15(29,30)31/h7,34H,2,4-5H2,1,3H3. The van der Waals surface area contributed by atoms with E-state index in [2.05, 4.69) is 11.3 Å². The molecule has 232 valence electrons. The van der Waals surface area contributed by atoms with Gasteiger partial charge in [0.1, 0.15) is 0 Å². The van der Waals surface area contributed by atoms with Crippen LogP contribution in [0.25, 0.3) is 0 Å². The Morgan fingerprint density at radius 3 is 1.36 bits per heavy atom. The predicted molar refractivity (Wildman–Crippen MR) is 92.3 cm³/mol. The Balaban J connectivity index is 6.86. The van der Waals surface area contributed by atoms with Crippen LogP contribution < -0.4 is 4.72 Å². The van der Waals surface area contributed by atoms with E-state index in [4.69, 9.17) is 0 Å². The Bertz CT molecular complexity index is 1040. The molecule has 1 atom stereocenters. The molecule has 39 heavy (non-hydrogen) atoms. The minimum absolute atomic E-state index is 0.339. The van der Waals surface area contributed by atoms with Gasteiger partial charge in [0.2, 0.25) is 0 Å². The van der Waals surface area contributed by atoms with Gasteiger partial charge < -0.3 is 4.74 Å². The highest BCUT2D eigenvalue weighted by molar-refractivity contribution is 7.90. The van der Waals surface area contributed by atoms with Gasteiger partial charge in [0.15, 0.2) is 6.23 Å². The number of sulfonamides is 1. The van der Waals surface area contributed by atoms with E-state index in [-0.39, 0.29) is 6.42 Å². The van der Waals surface area contributed by atoms with Crippen molar-refractivity contribution in [1.82, 2.24) is 4.72 Å². The maximum absolute atomic E-state index is 14.1. The number of hydrogen-bond donors (Lipinski definition) is 1. The molecule has 0 radical (unpaired) electrons. The van der Waals surface area contributed by atoms with Crippen molar-refractivity contribution in [2.75, 3.05) is 0 Å². The Hall–Kier alpha value is -2.07. The summed E-state index contributed by atoms with van der Waals surface area (Å²) in [6, 6.07) is 0. The van der Waals surface area contributed by atoms with Gasteiger partial charge in [0.05, 0.1) is 0 Å². The molecule has 23 heteroatoms. The zero-order valence-corrected chi connectivity index (χ0v) is 19.5. The van der Waals surface area contributed by atoms with Crippen molar-refractivity contribution in [1.29, 1.82) is 0 Å². The lowest BCUT2D eigenvalue weighted by Crippen LogP contribution is -2.75. The second kappa shape index (κ2) is 10.4. The number of rotatable bonds is 13. The Morgan fingerprint density at radius 2 is 1.05 bits per heavy atom. The van der Waals surface area contributed by atoms with Gasteiger partial charge in [-0.2, -0.15) is 79.4 Å². The van der Waals surface area contributed by atoms with Crippen LogP contribution in [-0.2, 0) is 19.6 Å². The highest BCUT2D eigenvalue weighted by Gasteiger charge is 2.96. The number of carbonyl (C=O) groups excluding carboxylic acids is 1. The molecular formula is C16H14F17NO4S. The van der Waals surface area contributed by atoms with Crippen LogP contribution in [-0.4, -0.2) is 67.6 Å². The van der Waals surface area contributed by atoms with Crippen LogP contribution >= 0.6 is 0 Å². The molecule has 0 fully saturated rings. The van der Waals surface area contributed by atoms with Gasteiger partial charge in [0.25, 0.3) is 10.0 Å². The minimum Gasteiger partial charge on any atom is -0.442 e. The average Bonchev–Trinajstić information content (AvgIpc) is 2.71. The number of nitrogens with one attached hydrogen (secondary N) is 1. The molecule has 0 saturated heterocycles. The summed E-state index contributed by atoms with van der Waals surface area (Å²) in [5, 5.41) is -7.76. The summed E-state index contributed by atoms with van der Waals surface area (Å²) in [4.78, 5) is 11.4. The number of esters is 1. The minimum atomic E-state index is -8.93. The van der Waals surface area contributed by atoms with Gasteiger partial charge in [-0.15, -0.1) is 0 Å². The van der Waals surface area contributed by atoms with Crippen LogP contribution in [0, 0.1) is 0 Å². The van der Waals surface area contributed by atoms with Crippen molar-refractivity contribution in [2.24, 2.45) is 0 Å². The second-order valence-electron chi connectivity index (χ2n) is 7.55. The van der Waals surface area contributed by atoms with Crippen LogP contribution in [0.1, 0.15) is 26.7 Å². The van der Waals surface area contributed by atoms with Crippen LogP contribution in [0.2, 0.25) is 0 Å². The zero-order chi connectivity index (χ0) is 32.1. The number of carbonyl (C=O) groups is 1. The van der Waals surface area contributed by atoms with Crippen molar-refractivity contribution in [3.63, 3.8) is 0 Å². The molecular weight excluding hydrogens is 625 g/mol. The first-order chi connectivity index (χ1) is 16.8. The van der Waals surface area contributed by atoms with Crippen molar-refractivity contribution in [3.05, 3.63) is 12.2 Å². The largest absolute Gasteiger partial charge is 0.460 e. The lowest BCUT2D eigenvalue weighted by Gasteiger charge is -2.42. The van der Waals surface area contributed by atoms with Crippen molar-refractivity contribution < 1.29 is 92.6 Å². The van der Waals surface area contributed by atoms with E-state index < -0.39 is 81.2 Å². The fourth-order valence-electron chi connectivity index (χ4n) is 2.20. The number of ether oxygens (including phenoxy) is 1. The third kappa shape index (κ3) is 5.60. The molecule has 0 aromatic carbocycles. The molecule has 0 aliphatic heterocycles. The molecule has 0 aromatic rings. The molecule has 0 rings (SSSR count). The van der Waals surface area contributed by atoms with E-state index >= 15 is 0 Å². The van der Waals surface area contributed by atoms with Gasteiger partial charge in [-0.3, -0.25) is 0 Å². The second-order valence-corrected chi connectivity index (χ2v) is 9.30. The lowest BCUT2D eigenvalue weighted by atomic mass is 9.91. The van der Waals surface area contributed by atoms with Gasteiger partial charge in [-0.05, 0) is 13.3 Å². The van der Waals surface area contributed by atoms with Gasteiger partial charge in [0, 0.05) is 5.57 Å². The van der Waals surface area contributed by atoms with E-state index in [1.165, 1.54) is 0 Å². The van der Waals surface area contributed by atoms with Crippen LogP contribution in [0.4, 0.5) is 74.6 Å². The Kier molecular flexibility index (Phi) is 9.85. The van der Waals surface area contributed by atoms with Gasteiger partial charge in [-0.25, -0.2) is 13.2 Å². The molecule has 0 amide bonds. The van der Waals surface area contributed by atoms with Crippen LogP contribution in [0.5, 0.6) is 0 Å². The number of alkyl halides is 17. The summed E-state index contributed by atoms with van der Waals surface area (Å²) < 4.78 is 254. The third-order valence-electron chi connectivity index (χ3n) is 4.47. The molecule has 0 aliphatic rings. The summed E-state index contributed by atoms with van der Waals surface area (Å²) in [5.41, 5.74) is -0.614. The highest BCUT2D eigenvalue weighted by atomic mass is 32.2. The molecule has 1 unspecified atom stereocenters. The maximum atomic E-state index is 14.1. The Morgan fingerprint density at radius 1 is 0.718 bits per heavy atom. The molecule has 0 spiro atoms. The normalized spacial score (nSPS) is 16.2. The van der Waals surface area contributed by atoms with Crippen molar-refractivity contribution >= 4 is 16.0 Å². The molecule has 5 nitrogen and oxygen atoms in total. The van der Waals surface area contributed by atoms with Crippen LogP contribution in [0.3, 0.4) is 0 Å². The van der Waals surface area contributed by atoms with E-state index in [1.54, 1.807) is 0 Å². The predicted octanol–water partition coefficient (Wildman–Crippen LogP) is 6.12. The first-order valence-electron chi connectivity index (χ1n) is 9.36. The highest BCUT2D eigenvalue weighted by Crippen LogP contribution is 2.64. The van der Waals surface area contributed by atoms with E-state index in [0.717, 1.165) is 13.8 Å². The summed E-state index contributed by atoms with van der Waals surface area (Å²) in [6.07, 6.45) is -11.9. The number of halogens is 17. The topological polar surface area (TPSA) is 72.5 Å². The smallest absolute Gasteiger partial charge is 0.442 e. The van der Waals surface area contributed by atoms with Gasteiger partial charge in [-0.1, -0.05) is 19.9 Å². The molecule has 0 saturated carbocycles. The van der Waals surface area contributed by atoms with Crippen molar-refractivity contribution in [3.8, 4) is 0 Å². The molecule has 0 aromatic heterocycles. The number of hydrogen-bond acceptors (Lipinski definition) is 4. The monoisotopic (exact) mass is 639 g/mol. The van der Waals surface area contributed by atoms with E-state index in [1.807, 2.05) is 0 Å². The lowest BCUT2D eigenvalue weighted by molar-refractivity contribution is -0.458. The van der Waals surface area contributed by atoms with Gasteiger partial charge >= 0.3 is 52.9 Å². The molecule has 0 bridgehead atoms. The maximum Gasteiger partial charge on any atom is 0.460 e. The van der Waals surface area contributed by atoms with E-state index in [0.29, 0.717) is 4.72 Å². The summed E-state index contributed by atoms with van der Waals surface area (Å²) in [7, 11) is -7.60. The molecule has 1 N–H and O–H groups in total. The summed E-state index contributed by atoms with van der Waals surface area (Å²) >= 11 is 0. The first-order valence-corrected chi connectivity index (χ1v) is 10.8. The summed E-state index contributed by atoms with van der Waals surface area (Å²) in [6.45, 7) is 4.86. The SMILES string of the molecule is C=C(C)C(=O)OC(CCC)NS(=O)(=O)C(F)(F)C(F)(F)C(F)(F)C(F)(F)C(F)(F)C(F)(F)C(F)(F)C(F)(F)F. The average molecular weight is 639 g/mol. The van der Waals surface area contributed by atoms with E-state index in [9.17, 15) is 87.8 Å². The molecule has 0 heterocycles. The first kappa shape index (κ1) is 36.9. The zero-order valence-electron chi connectivity index (χ0n) is 18.7. The fourth-order valence-corrected chi connectivity index (χ4v) is 3.32. The quantitative estimate of drug-likeness (QED) is 0.114. The third-order valence-corrected chi connectivity index (χ3v) is 5.97. The molecule has 0 aliphatic carbocycles.